The topological polar surface area (TPSA) is 76.6 Å². The number of fused-ring (bicyclic) bond motifs is 1. The second-order valence-corrected chi connectivity index (χ2v) is 5.84. The first-order chi connectivity index (χ1) is 13.2. The van der Waals surface area contributed by atoms with E-state index in [2.05, 4.69) is 15.3 Å². The summed E-state index contributed by atoms with van der Waals surface area (Å²) >= 11 is 0. The van der Waals surface area contributed by atoms with Crippen molar-refractivity contribution in [3.8, 4) is 11.5 Å². The zero-order chi connectivity index (χ0) is 18.6. The van der Waals surface area contributed by atoms with Crippen LogP contribution in [0.2, 0.25) is 0 Å². The van der Waals surface area contributed by atoms with E-state index in [-0.39, 0.29) is 12.7 Å². The lowest BCUT2D eigenvalue weighted by Gasteiger charge is -2.20. The zero-order valence-electron chi connectivity index (χ0n) is 14.8. The van der Waals surface area contributed by atoms with E-state index >= 15 is 0 Å². The maximum absolute atomic E-state index is 12.9. The Hall–Kier alpha value is -3.61. The van der Waals surface area contributed by atoms with Crippen molar-refractivity contribution in [2.45, 2.75) is 6.92 Å². The highest BCUT2D eigenvalue weighted by Crippen LogP contribution is 2.34. The van der Waals surface area contributed by atoms with Crippen LogP contribution in [0.3, 0.4) is 0 Å². The van der Waals surface area contributed by atoms with E-state index in [1.807, 2.05) is 55.5 Å². The van der Waals surface area contributed by atoms with Gasteiger partial charge in [0.15, 0.2) is 11.5 Å². The molecule has 0 aliphatic carbocycles. The molecule has 1 aliphatic rings. The number of hydrogen-bond donors (Lipinski definition) is 1. The van der Waals surface area contributed by atoms with E-state index in [0.29, 0.717) is 29.7 Å². The first-order valence-corrected chi connectivity index (χ1v) is 8.61. The first-order valence-electron chi connectivity index (χ1n) is 8.61. The molecule has 0 atom stereocenters. The van der Waals surface area contributed by atoms with Crippen LogP contribution in [0.1, 0.15) is 17.4 Å². The van der Waals surface area contributed by atoms with Gasteiger partial charge in [0.1, 0.15) is 5.69 Å². The molecule has 136 valence electrons. The molecule has 7 heteroatoms. The largest absolute Gasteiger partial charge is 0.454 e. The minimum atomic E-state index is -0.181. The minimum Gasteiger partial charge on any atom is -0.454 e. The standard InChI is InChI=1S/C20H18N4O3/c1-2-24(15-6-4-3-5-7-15)19(25)16-10-11-21-20(23-16)22-14-8-9-17-18(12-14)27-13-26-17/h3-12H,2,13H2,1H3,(H,21,22,23). The summed E-state index contributed by atoms with van der Waals surface area (Å²) in [4.78, 5) is 23.2. The number of anilines is 3. The summed E-state index contributed by atoms with van der Waals surface area (Å²) in [6.07, 6.45) is 1.56. The Morgan fingerprint density at radius 3 is 2.74 bits per heavy atom. The number of benzene rings is 2. The molecule has 0 saturated carbocycles. The molecule has 7 nitrogen and oxygen atoms in total. The lowest BCUT2D eigenvalue weighted by molar-refractivity contribution is 0.0983. The zero-order valence-corrected chi connectivity index (χ0v) is 14.8. The van der Waals surface area contributed by atoms with Crippen LogP contribution in [-0.2, 0) is 0 Å². The number of nitrogens with one attached hydrogen (secondary N) is 1. The fourth-order valence-electron chi connectivity index (χ4n) is 2.83. The van der Waals surface area contributed by atoms with Crippen LogP contribution in [0.4, 0.5) is 17.3 Å². The van der Waals surface area contributed by atoms with E-state index < -0.39 is 0 Å². The summed E-state index contributed by atoms with van der Waals surface area (Å²) < 4.78 is 10.7. The Kier molecular flexibility index (Phi) is 4.57. The third-order valence-electron chi connectivity index (χ3n) is 4.13. The number of nitrogens with zero attached hydrogens (tertiary/aromatic N) is 3. The van der Waals surface area contributed by atoms with Gasteiger partial charge in [0.05, 0.1) is 0 Å². The highest BCUT2D eigenvalue weighted by molar-refractivity contribution is 6.04. The van der Waals surface area contributed by atoms with E-state index in [0.717, 1.165) is 11.4 Å². The number of hydrogen-bond acceptors (Lipinski definition) is 6. The van der Waals surface area contributed by atoms with Crippen molar-refractivity contribution in [3.63, 3.8) is 0 Å². The molecular weight excluding hydrogens is 344 g/mol. The molecule has 3 aromatic rings. The summed E-state index contributed by atoms with van der Waals surface area (Å²) in [5.41, 5.74) is 1.90. The SMILES string of the molecule is CCN(C(=O)c1ccnc(Nc2ccc3c(c2)OCO3)n1)c1ccccc1. The van der Waals surface area contributed by atoms with Gasteiger partial charge in [-0.25, -0.2) is 9.97 Å². The van der Waals surface area contributed by atoms with Crippen LogP contribution >= 0.6 is 0 Å². The van der Waals surface area contributed by atoms with Crippen molar-refractivity contribution in [3.05, 3.63) is 66.5 Å². The average molecular weight is 362 g/mol. The number of amides is 1. The second-order valence-electron chi connectivity index (χ2n) is 5.84. The molecule has 1 amide bonds. The summed E-state index contributed by atoms with van der Waals surface area (Å²) in [7, 11) is 0. The third-order valence-corrected chi connectivity index (χ3v) is 4.13. The molecule has 0 spiro atoms. The predicted octanol–water partition coefficient (Wildman–Crippen LogP) is 3.62. The first kappa shape index (κ1) is 16.8. The maximum Gasteiger partial charge on any atom is 0.277 e. The summed E-state index contributed by atoms with van der Waals surface area (Å²) in [5, 5.41) is 3.10. The number of rotatable bonds is 5. The fraction of sp³-hybridized carbons (Fsp3) is 0.150. The molecule has 4 rings (SSSR count). The molecule has 0 bridgehead atoms. The Labute approximate surface area is 156 Å². The molecule has 1 aliphatic heterocycles. The third kappa shape index (κ3) is 3.52. The van der Waals surface area contributed by atoms with Crippen LogP contribution in [0.15, 0.2) is 60.8 Å². The summed E-state index contributed by atoms with van der Waals surface area (Å²) in [6, 6.07) is 16.6. The Morgan fingerprint density at radius 1 is 1.11 bits per heavy atom. The average Bonchev–Trinajstić information content (AvgIpc) is 3.17. The van der Waals surface area contributed by atoms with E-state index in [9.17, 15) is 4.79 Å². The van der Waals surface area contributed by atoms with Crippen LogP contribution in [0.5, 0.6) is 11.5 Å². The molecule has 1 N–H and O–H groups in total. The molecule has 1 aromatic heterocycles. The predicted molar refractivity (Wildman–Crippen MR) is 102 cm³/mol. The number of ether oxygens (including phenoxy) is 2. The minimum absolute atomic E-state index is 0.181. The van der Waals surface area contributed by atoms with Crippen molar-refractivity contribution < 1.29 is 14.3 Å². The monoisotopic (exact) mass is 362 g/mol. The van der Waals surface area contributed by atoms with Gasteiger partial charge in [-0.1, -0.05) is 18.2 Å². The number of carbonyl (C=O) groups is 1. The normalized spacial score (nSPS) is 11.9. The molecule has 2 heterocycles. The lowest BCUT2D eigenvalue weighted by atomic mass is 10.2. The Balaban J connectivity index is 1.56. The van der Waals surface area contributed by atoms with Crippen molar-refractivity contribution >= 4 is 23.2 Å². The Bertz CT molecular complexity index is 962. The van der Waals surface area contributed by atoms with Gasteiger partial charge in [0.2, 0.25) is 12.7 Å². The molecular formula is C20H18N4O3. The van der Waals surface area contributed by atoms with Crippen molar-refractivity contribution in [1.29, 1.82) is 0 Å². The van der Waals surface area contributed by atoms with E-state index in [4.69, 9.17) is 9.47 Å². The van der Waals surface area contributed by atoms with Gasteiger partial charge in [0.25, 0.3) is 5.91 Å². The van der Waals surface area contributed by atoms with Crippen LogP contribution in [0, 0.1) is 0 Å². The molecule has 0 unspecified atom stereocenters. The van der Waals surface area contributed by atoms with Gasteiger partial charge >= 0.3 is 0 Å². The number of para-hydroxylation sites is 1. The molecule has 2 aromatic carbocycles. The quantitative estimate of drug-likeness (QED) is 0.747. The van der Waals surface area contributed by atoms with Gasteiger partial charge in [-0.05, 0) is 37.3 Å². The van der Waals surface area contributed by atoms with Gasteiger partial charge in [-0.2, -0.15) is 0 Å². The van der Waals surface area contributed by atoms with Crippen molar-refractivity contribution in [1.82, 2.24) is 9.97 Å². The number of aromatic nitrogens is 2. The highest BCUT2D eigenvalue weighted by atomic mass is 16.7. The smallest absolute Gasteiger partial charge is 0.277 e. The van der Waals surface area contributed by atoms with Gasteiger partial charge in [-0.15, -0.1) is 0 Å². The van der Waals surface area contributed by atoms with Gasteiger partial charge < -0.3 is 19.7 Å². The lowest BCUT2D eigenvalue weighted by Crippen LogP contribution is -2.31. The van der Waals surface area contributed by atoms with E-state index in [1.54, 1.807) is 17.2 Å². The number of carbonyl (C=O) groups excluding carboxylic acids is 1. The van der Waals surface area contributed by atoms with Gasteiger partial charge in [-0.3, -0.25) is 4.79 Å². The van der Waals surface area contributed by atoms with Crippen molar-refractivity contribution in [2.75, 3.05) is 23.6 Å². The molecule has 0 fully saturated rings. The van der Waals surface area contributed by atoms with Crippen molar-refractivity contribution in [2.24, 2.45) is 0 Å². The molecule has 27 heavy (non-hydrogen) atoms. The fourth-order valence-corrected chi connectivity index (χ4v) is 2.83. The summed E-state index contributed by atoms with van der Waals surface area (Å²) in [6.45, 7) is 2.68. The van der Waals surface area contributed by atoms with Gasteiger partial charge in [0, 0.05) is 30.2 Å². The summed E-state index contributed by atoms with van der Waals surface area (Å²) in [5.74, 6) is 1.52. The van der Waals surface area contributed by atoms with Crippen LogP contribution < -0.4 is 19.7 Å². The molecule has 0 saturated heterocycles. The van der Waals surface area contributed by atoms with Crippen LogP contribution in [0.25, 0.3) is 0 Å². The maximum atomic E-state index is 12.9. The highest BCUT2D eigenvalue weighted by Gasteiger charge is 2.18. The van der Waals surface area contributed by atoms with Crippen LogP contribution in [-0.4, -0.2) is 29.2 Å². The second kappa shape index (κ2) is 7.33. The van der Waals surface area contributed by atoms with E-state index in [1.165, 1.54) is 0 Å². The Morgan fingerprint density at radius 2 is 1.93 bits per heavy atom. The molecule has 0 radical (unpaired) electrons.